The number of aliphatic hydroxyl groups is 1. The van der Waals surface area contributed by atoms with Gasteiger partial charge in [-0.3, -0.25) is 4.79 Å². The Morgan fingerprint density at radius 2 is 2.24 bits per heavy atom. The molecule has 2 heterocycles. The second-order valence-corrected chi connectivity index (χ2v) is 5.45. The average molecular weight is 292 g/mol. The zero-order chi connectivity index (χ0) is 15.1. The first-order valence-electron chi connectivity index (χ1n) is 7.68. The number of hydrogen-bond donors (Lipinski definition) is 2. The molecule has 0 saturated carbocycles. The van der Waals surface area contributed by atoms with Crippen molar-refractivity contribution in [3.8, 4) is 0 Å². The molecule has 1 aliphatic heterocycles. The first-order chi connectivity index (χ1) is 10.2. The number of hydrogen-bond acceptors (Lipinski definition) is 5. The Kier molecular flexibility index (Phi) is 6.07. The number of carbonyl (C=O) groups excluding carboxylic acids is 1. The van der Waals surface area contributed by atoms with Crippen molar-refractivity contribution in [1.29, 1.82) is 0 Å². The fraction of sp³-hybridized carbons (Fsp3) is 0.667. The lowest BCUT2D eigenvalue weighted by molar-refractivity contribution is 0.0697. The van der Waals surface area contributed by atoms with Gasteiger partial charge in [0.05, 0.1) is 11.7 Å². The van der Waals surface area contributed by atoms with Gasteiger partial charge in [-0.25, -0.2) is 9.97 Å². The van der Waals surface area contributed by atoms with Gasteiger partial charge < -0.3 is 15.3 Å². The number of β-amino-alcohol motifs (C(OH)–C–C–N with tert-alkyl or cyclic N) is 1. The van der Waals surface area contributed by atoms with Gasteiger partial charge in [0, 0.05) is 31.9 Å². The highest BCUT2D eigenvalue weighted by Crippen LogP contribution is 2.09. The molecular formula is C15H24N4O2. The fourth-order valence-corrected chi connectivity index (χ4v) is 2.50. The molecule has 1 amide bonds. The van der Waals surface area contributed by atoms with Crippen LogP contribution in [0.4, 0.5) is 0 Å². The number of rotatable bonds is 6. The SMILES string of the molecule is CCc1ncc(C(=O)NCCCN2CCC[C@H](O)C2)cn1. The molecule has 0 spiro atoms. The van der Waals surface area contributed by atoms with Crippen molar-refractivity contribution in [1.82, 2.24) is 20.2 Å². The maximum atomic E-state index is 11.9. The monoisotopic (exact) mass is 292 g/mol. The maximum absolute atomic E-state index is 11.9. The van der Waals surface area contributed by atoms with Gasteiger partial charge in [0.25, 0.3) is 5.91 Å². The molecule has 0 radical (unpaired) electrons. The summed E-state index contributed by atoms with van der Waals surface area (Å²) < 4.78 is 0. The molecule has 2 rings (SSSR count). The highest BCUT2D eigenvalue weighted by atomic mass is 16.3. The van der Waals surface area contributed by atoms with Crippen LogP contribution in [0.3, 0.4) is 0 Å². The molecule has 0 aromatic carbocycles. The summed E-state index contributed by atoms with van der Waals surface area (Å²) in [6, 6.07) is 0. The molecule has 6 heteroatoms. The van der Waals surface area contributed by atoms with E-state index in [9.17, 15) is 9.90 Å². The minimum atomic E-state index is -0.192. The summed E-state index contributed by atoms with van der Waals surface area (Å²) >= 11 is 0. The zero-order valence-corrected chi connectivity index (χ0v) is 12.6. The van der Waals surface area contributed by atoms with Gasteiger partial charge in [-0.05, 0) is 32.4 Å². The van der Waals surface area contributed by atoms with Crippen molar-refractivity contribution in [3.63, 3.8) is 0 Å². The molecule has 6 nitrogen and oxygen atoms in total. The third-order valence-corrected chi connectivity index (χ3v) is 3.70. The van der Waals surface area contributed by atoms with E-state index in [2.05, 4.69) is 20.2 Å². The molecule has 1 fully saturated rings. The fourth-order valence-electron chi connectivity index (χ4n) is 2.50. The normalized spacial score (nSPS) is 19.4. The summed E-state index contributed by atoms with van der Waals surface area (Å²) in [6.45, 7) is 5.30. The van der Waals surface area contributed by atoms with Gasteiger partial charge in [-0.1, -0.05) is 6.92 Å². The Balaban J connectivity index is 1.66. The topological polar surface area (TPSA) is 78.4 Å². The average Bonchev–Trinajstić information content (AvgIpc) is 2.51. The second-order valence-electron chi connectivity index (χ2n) is 5.45. The molecule has 0 aliphatic carbocycles. The third kappa shape index (κ3) is 5.06. The molecule has 21 heavy (non-hydrogen) atoms. The van der Waals surface area contributed by atoms with E-state index in [0.717, 1.165) is 51.1 Å². The molecular weight excluding hydrogens is 268 g/mol. The van der Waals surface area contributed by atoms with E-state index in [0.29, 0.717) is 12.1 Å². The lowest BCUT2D eigenvalue weighted by Crippen LogP contribution is -2.39. The van der Waals surface area contributed by atoms with Crippen LogP contribution in [0.15, 0.2) is 12.4 Å². The summed E-state index contributed by atoms with van der Waals surface area (Å²) in [5.41, 5.74) is 0.501. The molecule has 1 aliphatic rings. The Bertz CT molecular complexity index is 449. The van der Waals surface area contributed by atoms with Crippen LogP contribution in [-0.2, 0) is 6.42 Å². The van der Waals surface area contributed by atoms with E-state index in [4.69, 9.17) is 0 Å². The molecule has 116 valence electrons. The number of carbonyl (C=O) groups is 1. The first-order valence-corrected chi connectivity index (χ1v) is 7.68. The maximum Gasteiger partial charge on any atom is 0.254 e. The van der Waals surface area contributed by atoms with E-state index in [1.165, 1.54) is 0 Å². The molecule has 0 bridgehead atoms. The summed E-state index contributed by atoms with van der Waals surface area (Å²) in [6.07, 6.45) is 6.55. The van der Waals surface area contributed by atoms with Crippen LogP contribution in [0.25, 0.3) is 0 Å². The Morgan fingerprint density at radius 1 is 1.48 bits per heavy atom. The minimum absolute atomic E-state index is 0.128. The standard InChI is InChI=1S/C15H24N4O2/c1-2-14-17-9-12(10-18-14)15(21)16-6-4-8-19-7-3-5-13(20)11-19/h9-10,13,20H,2-8,11H2,1H3,(H,16,21)/t13-/m0/s1. The summed E-state index contributed by atoms with van der Waals surface area (Å²) in [5.74, 6) is 0.617. The van der Waals surface area contributed by atoms with Crippen LogP contribution in [-0.4, -0.2) is 58.2 Å². The Morgan fingerprint density at radius 3 is 2.90 bits per heavy atom. The zero-order valence-electron chi connectivity index (χ0n) is 12.6. The number of aryl methyl sites for hydroxylation is 1. The van der Waals surface area contributed by atoms with E-state index >= 15 is 0 Å². The predicted octanol–water partition coefficient (Wildman–Crippen LogP) is 0.616. The van der Waals surface area contributed by atoms with E-state index in [1.54, 1.807) is 12.4 Å². The van der Waals surface area contributed by atoms with Crippen LogP contribution in [0, 0.1) is 0 Å². The van der Waals surface area contributed by atoms with Crippen molar-refractivity contribution in [2.45, 2.75) is 38.7 Å². The van der Waals surface area contributed by atoms with Gasteiger partial charge in [-0.2, -0.15) is 0 Å². The van der Waals surface area contributed by atoms with E-state index in [1.807, 2.05) is 6.92 Å². The number of nitrogens with zero attached hydrogens (tertiary/aromatic N) is 3. The number of amides is 1. The molecule has 1 aromatic rings. The summed E-state index contributed by atoms with van der Waals surface area (Å²) in [7, 11) is 0. The Hall–Kier alpha value is -1.53. The lowest BCUT2D eigenvalue weighted by Gasteiger charge is -2.29. The van der Waals surface area contributed by atoms with Crippen molar-refractivity contribution in [3.05, 3.63) is 23.8 Å². The van der Waals surface area contributed by atoms with Crippen LogP contribution in [0.1, 0.15) is 42.4 Å². The predicted molar refractivity (Wildman–Crippen MR) is 80.0 cm³/mol. The van der Waals surface area contributed by atoms with Gasteiger partial charge in [-0.15, -0.1) is 0 Å². The first kappa shape index (κ1) is 15.9. The van der Waals surface area contributed by atoms with Crippen LogP contribution in [0.2, 0.25) is 0 Å². The van der Waals surface area contributed by atoms with Crippen LogP contribution in [0.5, 0.6) is 0 Å². The van der Waals surface area contributed by atoms with Crippen LogP contribution < -0.4 is 5.32 Å². The molecule has 1 atom stereocenters. The van der Waals surface area contributed by atoms with Gasteiger partial charge >= 0.3 is 0 Å². The van der Waals surface area contributed by atoms with Crippen molar-refractivity contribution in [2.24, 2.45) is 0 Å². The van der Waals surface area contributed by atoms with E-state index < -0.39 is 0 Å². The Labute approximate surface area is 125 Å². The largest absolute Gasteiger partial charge is 0.392 e. The van der Waals surface area contributed by atoms with E-state index in [-0.39, 0.29) is 12.0 Å². The highest BCUT2D eigenvalue weighted by Gasteiger charge is 2.16. The molecule has 1 aromatic heterocycles. The van der Waals surface area contributed by atoms with Crippen LogP contribution >= 0.6 is 0 Å². The van der Waals surface area contributed by atoms with Gasteiger partial charge in [0.15, 0.2) is 0 Å². The van der Waals surface area contributed by atoms with Gasteiger partial charge in [0.2, 0.25) is 0 Å². The smallest absolute Gasteiger partial charge is 0.254 e. The second kappa shape index (κ2) is 8.05. The molecule has 0 unspecified atom stereocenters. The highest BCUT2D eigenvalue weighted by molar-refractivity contribution is 5.93. The number of piperidine rings is 1. The lowest BCUT2D eigenvalue weighted by atomic mass is 10.1. The van der Waals surface area contributed by atoms with Gasteiger partial charge in [0.1, 0.15) is 5.82 Å². The number of aliphatic hydroxyl groups excluding tert-OH is 1. The van der Waals surface area contributed by atoms with Crippen molar-refractivity contribution < 1.29 is 9.90 Å². The number of likely N-dealkylation sites (tertiary alicyclic amines) is 1. The number of aromatic nitrogens is 2. The number of nitrogens with one attached hydrogen (secondary N) is 1. The summed E-state index contributed by atoms with van der Waals surface area (Å²) in [4.78, 5) is 22.4. The molecule has 2 N–H and O–H groups in total. The quantitative estimate of drug-likeness (QED) is 0.751. The van der Waals surface area contributed by atoms with Crippen molar-refractivity contribution in [2.75, 3.05) is 26.2 Å². The molecule has 1 saturated heterocycles. The third-order valence-electron chi connectivity index (χ3n) is 3.70. The minimum Gasteiger partial charge on any atom is -0.392 e. The summed E-state index contributed by atoms with van der Waals surface area (Å²) in [5, 5.41) is 12.5. The van der Waals surface area contributed by atoms with Crippen molar-refractivity contribution >= 4 is 5.91 Å².